The number of hydrogen-bond donors (Lipinski definition) is 0. The fraction of sp³-hybridized carbons (Fsp3) is 0.333. The Morgan fingerprint density at radius 2 is 1.52 bits per heavy atom. The highest BCUT2D eigenvalue weighted by Crippen LogP contribution is 2.43. The highest BCUT2D eigenvalue weighted by Gasteiger charge is 2.28. The average Bonchev–Trinajstić information content (AvgIpc) is 2.74. The number of hydrogen-bond acceptors (Lipinski definition) is 7. The standard InChI is InChI=1S/C19H21BrO5.C2H3NS/c1-10-9-14(23-4)18(24-5)19(25-6)15(10)17(21)16-11(2)12(20)7-8-13(16)22-3;1-3-2-4/h7-9H,1-6H3;1H3. The smallest absolute Gasteiger partial charge is 0.204 e. The predicted molar refractivity (Wildman–Crippen MR) is 121 cm³/mol. The van der Waals surface area contributed by atoms with E-state index in [0.29, 0.717) is 34.1 Å². The fourth-order valence-electron chi connectivity index (χ4n) is 2.80. The van der Waals surface area contributed by atoms with E-state index in [4.69, 9.17) is 18.9 Å². The van der Waals surface area contributed by atoms with Crippen LogP contribution < -0.4 is 18.9 Å². The van der Waals surface area contributed by atoms with Crippen molar-refractivity contribution >= 4 is 39.1 Å². The molecule has 2 aromatic carbocycles. The van der Waals surface area contributed by atoms with Crippen molar-refractivity contribution in [2.75, 3.05) is 35.5 Å². The average molecular weight is 482 g/mol. The number of thiocarbonyl (C=S) groups is 1. The van der Waals surface area contributed by atoms with Crippen LogP contribution in [-0.2, 0) is 0 Å². The number of aliphatic imine (C=N–C) groups is 1. The molecule has 0 atom stereocenters. The van der Waals surface area contributed by atoms with Crippen molar-refractivity contribution in [3.05, 3.63) is 44.9 Å². The quantitative estimate of drug-likeness (QED) is 0.326. The number of isothiocyanates is 1. The molecule has 0 spiro atoms. The summed E-state index contributed by atoms with van der Waals surface area (Å²) in [4.78, 5) is 16.7. The summed E-state index contributed by atoms with van der Waals surface area (Å²) < 4.78 is 22.5. The lowest BCUT2D eigenvalue weighted by atomic mass is 9.93. The molecule has 0 saturated carbocycles. The fourth-order valence-corrected chi connectivity index (χ4v) is 3.13. The van der Waals surface area contributed by atoms with Gasteiger partial charge in [0.25, 0.3) is 0 Å². The molecule has 0 unspecified atom stereocenters. The molecule has 0 fully saturated rings. The van der Waals surface area contributed by atoms with Crippen LogP contribution in [0.25, 0.3) is 0 Å². The Kier molecular flexibility index (Phi) is 9.81. The normalized spacial score (nSPS) is 9.52. The van der Waals surface area contributed by atoms with Crippen molar-refractivity contribution < 1.29 is 23.7 Å². The zero-order valence-corrected chi connectivity index (χ0v) is 19.9. The van der Waals surface area contributed by atoms with Gasteiger partial charge >= 0.3 is 0 Å². The summed E-state index contributed by atoms with van der Waals surface area (Å²) in [5.74, 6) is 1.52. The molecule has 0 bridgehead atoms. The summed E-state index contributed by atoms with van der Waals surface area (Å²) in [6, 6.07) is 5.37. The molecule has 2 rings (SSSR count). The molecule has 0 saturated heterocycles. The summed E-state index contributed by atoms with van der Waals surface area (Å²) in [6.07, 6.45) is 0. The van der Waals surface area contributed by atoms with E-state index in [1.165, 1.54) is 21.3 Å². The minimum atomic E-state index is -0.203. The predicted octanol–water partition coefficient (Wildman–Crippen LogP) is 5.05. The zero-order valence-electron chi connectivity index (χ0n) is 17.5. The van der Waals surface area contributed by atoms with Gasteiger partial charge in [-0.2, -0.15) is 0 Å². The van der Waals surface area contributed by atoms with Gasteiger partial charge in [-0.1, -0.05) is 15.9 Å². The molecule has 0 aliphatic carbocycles. The molecule has 0 amide bonds. The van der Waals surface area contributed by atoms with Crippen LogP contribution >= 0.6 is 28.1 Å². The van der Waals surface area contributed by atoms with Crippen LogP contribution in [0.4, 0.5) is 0 Å². The molecular weight excluding hydrogens is 458 g/mol. The highest BCUT2D eigenvalue weighted by atomic mass is 79.9. The van der Waals surface area contributed by atoms with E-state index in [0.717, 1.165) is 15.6 Å². The Hall–Kier alpha value is -2.41. The number of halogens is 1. The number of benzene rings is 2. The number of ether oxygens (including phenoxy) is 4. The van der Waals surface area contributed by atoms with Gasteiger partial charge in [0.2, 0.25) is 11.5 Å². The highest BCUT2D eigenvalue weighted by molar-refractivity contribution is 9.10. The Bertz CT molecular complexity index is 939. The van der Waals surface area contributed by atoms with E-state index in [9.17, 15) is 4.79 Å². The first-order valence-corrected chi connectivity index (χ1v) is 9.66. The van der Waals surface area contributed by atoms with Crippen LogP contribution in [0.3, 0.4) is 0 Å². The largest absolute Gasteiger partial charge is 0.496 e. The van der Waals surface area contributed by atoms with Gasteiger partial charge in [-0.15, -0.1) is 0 Å². The minimum absolute atomic E-state index is 0.203. The molecule has 0 aliphatic rings. The van der Waals surface area contributed by atoms with E-state index < -0.39 is 0 Å². The third-order valence-corrected chi connectivity index (χ3v) is 5.19. The van der Waals surface area contributed by atoms with Gasteiger partial charge in [-0.05, 0) is 55.4 Å². The van der Waals surface area contributed by atoms with Gasteiger partial charge in [0.1, 0.15) is 5.75 Å². The Labute approximate surface area is 185 Å². The molecule has 6 nitrogen and oxygen atoms in total. The number of nitrogens with zero attached hydrogens (tertiary/aromatic N) is 1. The number of ketones is 1. The van der Waals surface area contributed by atoms with E-state index in [-0.39, 0.29) is 5.78 Å². The van der Waals surface area contributed by atoms with E-state index in [2.05, 4.69) is 38.3 Å². The van der Waals surface area contributed by atoms with Gasteiger partial charge in [0.15, 0.2) is 11.5 Å². The summed E-state index contributed by atoms with van der Waals surface area (Å²) >= 11 is 7.61. The van der Waals surface area contributed by atoms with Crippen LogP contribution in [0.1, 0.15) is 27.0 Å². The van der Waals surface area contributed by atoms with Gasteiger partial charge < -0.3 is 18.9 Å². The first-order valence-electron chi connectivity index (χ1n) is 8.46. The maximum Gasteiger partial charge on any atom is 0.204 e. The molecular formula is C21H24BrNO5S. The molecule has 0 N–H and O–H groups in total. The van der Waals surface area contributed by atoms with E-state index >= 15 is 0 Å². The first kappa shape index (κ1) is 24.6. The lowest BCUT2D eigenvalue weighted by molar-refractivity contribution is 0.103. The second-order valence-electron chi connectivity index (χ2n) is 5.73. The molecule has 29 heavy (non-hydrogen) atoms. The summed E-state index contributed by atoms with van der Waals surface area (Å²) in [5.41, 5.74) is 2.41. The Morgan fingerprint density at radius 1 is 0.966 bits per heavy atom. The van der Waals surface area contributed by atoms with Crippen molar-refractivity contribution in [2.24, 2.45) is 4.99 Å². The molecule has 0 aliphatic heterocycles. The van der Waals surface area contributed by atoms with Crippen LogP contribution in [0.15, 0.2) is 27.7 Å². The lowest BCUT2D eigenvalue weighted by Gasteiger charge is -2.19. The zero-order chi connectivity index (χ0) is 22.1. The van der Waals surface area contributed by atoms with Crippen molar-refractivity contribution in [3.63, 3.8) is 0 Å². The number of carbonyl (C=O) groups is 1. The molecule has 0 heterocycles. The second kappa shape index (κ2) is 11.6. The molecule has 156 valence electrons. The molecule has 0 radical (unpaired) electrons. The van der Waals surface area contributed by atoms with Crippen LogP contribution in [0.5, 0.6) is 23.0 Å². The van der Waals surface area contributed by atoms with Gasteiger partial charge in [0, 0.05) is 11.5 Å². The van der Waals surface area contributed by atoms with Gasteiger partial charge in [-0.3, -0.25) is 4.79 Å². The number of methoxy groups -OCH3 is 4. The third-order valence-electron chi connectivity index (χ3n) is 4.15. The molecule has 8 heteroatoms. The van der Waals surface area contributed by atoms with Gasteiger partial charge in [-0.25, -0.2) is 4.99 Å². The summed E-state index contributed by atoms with van der Waals surface area (Å²) in [5, 5.41) is 2.14. The Balaban J connectivity index is 0.000000960. The number of aryl methyl sites for hydroxylation is 1. The first-order chi connectivity index (χ1) is 13.8. The topological polar surface area (TPSA) is 66.4 Å². The minimum Gasteiger partial charge on any atom is -0.496 e. The van der Waals surface area contributed by atoms with Crippen molar-refractivity contribution in [1.29, 1.82) is 0 Å². The maximum absolute atomic E-state index is 13.4. The summed E-state index contributed by atoms with van der Waals surface area (Å²) in [7, 11) is 7.68. The van der Waals surface area contributed by atoms with Crippen molar-refractivity contribution in [2.45, 2.75) is 13.8 Å². The number of rotatable bonds is 6. The number of carbonyl (C=O) groups excluding carboxylic acids is 1. The van der Waals surface area contributed by atoms with Crippen molar-refractivity contribution in [1.82, 2.24) is 0 Å². The SMILES string of the molecule is CN=C=S.COc1cc(C)c(C(=O)c2c(OC)ccc(Br)c2C)c(OC)c1OC. The van der Waals surface area contributed by atoms with Gasteiger partial charge in [0.05, 0.1) is 44.7 Å². The lowest BCUT2D eigenvalue weighted by Crippen LogP contribution is -2.11. The maximum atomic E-state index is 13.4. The second-order valence-corrected chi connectivity index (χ2v) is 6.77. The molecule has 0 aromatic heterocycles. The van der Waals surface area contributed by atoms with Crippen LogP contribution in [0.2, 0.25) is 0 Å². The van der Waals surface area contributed by atoms with Crippen LogP contribution in [0, 0.1) is 13.8 Å². The molecule has 2 aromatic rings. The monoisotopic (exact) mass is 481 g/mol. The van der Waals surface area contributed by atoms with Crippen LogP contribution in [-0.4, -0.2) is 46.4 Å². The van der Waals surface area contributed by atoms with Crippen molar-refractivity contribution in [3.8, 4) is 23.0 Å². The third kappa shape index (κ3) is 5.35. The Morgan fingerprint density at radius 3 is 1.97 bits per heavy atom. The van der Waals surface area contributed by atoms with E-state index in [1.807, 2.05) is 19.9 Å². The van der Waals surface area contributed by atoms with E-state index in [1.54, 1.807) is 26.3 Å². The summed E-state index contributed by atoms with van der Waals surface area (Å²) in [6.45, 7) is 3.69.